The standard InChI is InChI=1S/C21H26N2O3S/c1-2-18(24)15-27-14-13-19(21(26)22-17-11-7-4-8-12-17)23-20(25)16-9-5-3-6-10-16/h3-12,18-19,24H,2,13-15H2,1H3,(H,22,26)(H,23,25). The number of thioether (sulfide) groups is 1. The zero-order chi connectivity index (χ0) is 19.5. The number of aliphatic hydroxyl groups is 1. The minimum Gasteiger partial charge on any atom is -0.392 e. The van der Waals surface area contributed by atoms with E-state index >= 15 is 0 Å². The van der Waals surface area contributed by atoms with Gasteiger partial charge >= 0.3 is 0 Å². The Morgan fingerprint density at radius 1 is 1.04 bits per heavy atom. The number of hydrogen-bond acceptors (Lipinski definition) is 4. The summed E-state index contributed by atoms with van der Waals surface area (Å²) < 4.78 is 0. The topological polar surface area (TPSA) is 78.4 Å². The number of nitrogens with one attached hydrogen (secondary N) is 2. The van der Waals surface area contributed by atoms with Crippen molar-refractivity contribution in [3.8, 4) is 0 Å². The summed E-state index contributed by atoms with van der Waals surface area (Å²) >= 11 is 1.58. The molecule has 144 valence electrons. The molecule has 2 rings (SSSR count). The maximum Gasteiger partial charge on any atom is 0.251 e. The molecular weight excluding hydrogens is 360 g/mol. The summed E-state index contributed by atoms with van der Waals surface area (Å²) in [6.07, 6.45) is 0.846. The lowest BCUT2D eigenvalue weighted by molar-refractivity contribution is -0.118. The summed E-state index contributed by atoms with van der Waals surface area (Å²) in [6, 6.07) is 17.4. The van der Waals surface area contributed by atoms with Crippen molar-refractivity contribution in [3.63, 3.8) is 0 Å². The molecule has 2 aromatic carbocycles. The highest BCUT2D eigenvalue weighted by Gasteiger charge is 2.21. The van der Waals surface area contributed by atoms with E-state index in [4.69, 9.17) is 0 Å². The van der Waals surface area contributed by atoms with Crippen LogP contribution < -0.4 is 10.6 Å². The lowest BCUT2D eigenvalue weighted by Gasteiger charge is -2.19. The lowest BCUT2D eigenvalue weighted by Crippen LogP contribution is -2.44. The molecule has 2 aromatic rings. The summed E-state index contributed by atoms with van der Waals surface area (Å²) in [5, 5.41) is 15.3. The number of carbonyl (C=O) groups is 2. The van der Waals surface area contributed by atoms with Gasteiger partial charge in [-0.05, 0) is 42.9 Å². The van der Waals surface area contributed by atoms with Crippen LogP contribution in [-0.2, 0) is 4.79 Å². The second kappa shape index (κ2) is 11.4. The Morgan fingerprint density at radius 2 is 1.67 bits per heavy atom. The molecule has 0 fully saturated rings. The summed E-state index contributed by atoms with van der Waals surface area (Å²) in [7, 11) is 0. The van der Waals surface area contributed by atoms with E-state index in [1.165, 1.54) is 0 Å². The van der Waals surface area contributed by atoms with Gasteiger partial charge in [-0.15, -0.1) is 0 Å². The van der Waals surface area contributed by atoms with Crippen LogP contribution in [0.15, 0.2) is 60.7 Å². The van der Waals surface area contributed by atoms with Crippen LogP contribution in [0.3, 0.4) is 0 Å². The highest BCUT2D eigenvalue weighted by molar-refractivity contribution is 7.99. The molecule has 0 radical (unpaired) electrons. The Kier molecular flexibility index (Phi) is 8.87. The molecule has 0 aromatic heterocycles. The molecule has 0 aliphatic rings. The second-order valence-electron chi connectivity index (χ2n) is 6.17. The predicted molar refractivity (Wildman–Crippen MR) is 111 cm³/mol. The smallest absolute Gasteiger partial charge is 0.251 e. The largest absolute Gasteiger partial charge is 0.392 e. The van der Waals surface area contributed by atoms with E-state index in [1.54, 1.807) is 48.2 Å². The molecule has 0 aliphatic carbocycles. The quantitative estimate of drug-likeness (QED) is 0.548. The van der Waals surface area contributed by atoms with E-state index in [-0.39, 0.29) is 17.9 Å². The molecule has 0 heterocycles. The van der Waals surface area contributed by atoms with Gasteiger partial charge in [0.25, 0.3) is 5.91 Å². The van der Waals surface area contributed by atoms with Gasteiger partial charge in [-0.1, -0.05) is 43.3 Å². The summed E-state index contributed by atoms with van der Waals surface area (Å²) in [5.74, 6) is 0.763. The molecule has 0 spiro atoms. The zero-order valence-corrected chi connectivity index (χ0v) is 16.2. The van der Waals surface area contributed by atoms with Crippen molar-refractivity contribution >= 4 is 29.3 Å². The van der Waals surface area contributed by atoms with E-state index in [0.717, 1.165) is 0 Å². The number of hydrogen-bond donors (Lipinski definition) is 3. The number of amides is 2. The van der Waals surface area contributed by atoms with Crippen molar-refractivity contribution in [1.82, 2.24) is 5.32 Å². The fourth-order valence-corrected chi connectivity index (χ4v) is 3.47. The van der Waals surface area contributed by atoms with Crippen LogP contribution in [0.4, 0.5) is 5.69 Å². The van der Waals surface area contributed by atoms with Crippen LogP contribution in [0.1, 0.15) is 30.1 Å². The van der Waals surface area contributed by atoms with E-state index in [0.29, 0.717) is 35.6 Å². The first-order chi connectivity index (χ1) is 13.1. The first-order valence-electron chi connectivity index (χ1n) is 9.07. The van der Waals surface area contributed by atoms with Gasteiger partial charge in [0.1, 0.15) is 6.04 Å². The molecule has 2 amide bonds. The van der Waals surface area contributed by atoms with Crippen molar-refractivity contribution < 1.29 is 14.7 Å². The van der Waals surface area contributed by atoms with E-state index in [9.17, 15) is 14.7 Å². The first kappa shape index (κ1) is 21.0. The number of carbonyl (C=O) groups excluding carboxylic acids is 2. The Labute approximate surface area is 164 Å². The minimum absolute atomic E-state index is 0.248. The molecule has 6 heteroatoms. The minimum atomic E-state index is -0.649. The molecule has 0 bridgehead atoms. The van der Waals surface area contributed by atoms with Crippen molar-refractivity contribution in [2.24, 2.45) is 0 Å². The molecule has 3 N–H and O–H groups in total. The predicted octanol–water partition coefficient (Wildman–Crippen LogP) is 3.32. The van der Waals surface area contributed by atoms with Gasteiger partial charge in [0.05, 0.1) is 6.10 Å². The average molecular weight is 387 g/mol. The second-order valence-corrected chi connectivity index (χ2v) is 7.32. The van der Waals surface area contributed by atoms with Gasteiger partial charge in [0.15, 0.2) is 0 Å². The van der Waals surface area contributed by atoms with Gasteiger partial charge in [-0.25, -0.2) is 0 Å². The maximum absolute atomic E-state index is 12.7. The third-order valence-electron chi connectivity index (χ3n) is 4.03. The first-order valence-corrected chi connectivity index (χ1v) is 10.2. The molecular formula is C21H26N2O3S. The lowest BCUT2D eigenvalue weighted by atomic mass is 10.1. The normalized spacial score (nSPS) is 12.8. The highest BCUT2D eigenvalue weighted by Crippen LogP contribution is 2.12. The maximum atomic E-state index is 12.7. The summed E-state index contributed by atoms with van der Waals surface area (Å²) in [6.45, 7) is 1.93. The monoisotopic (exact) mass is 386 g/mol. The molecule has 2 atom stereocenters. The van der Waals surface area contributed by atoms with Gasteiger partial charge in [0.2, 0.25) is 5.91 Å². The van der Waals surface area contributed by atoms with Crippen molar-refractivity contribution in [3.05, 3.63) is 66.2 Å². The third-order valence-corrected chi connectivity index (χ3v) is 5.18. The average Bonchev–Trinajstić information content (AvgIpc) is 2.71. The van der Waals surface area contributed by atoms with E-state index in [2.05, 4.69) is 10.6 Å². The number of rotatable bonds is 10. The number of anilines is 1. The number of aliphatic hydroxyl groups excluding tert-OH is 1. The van der Waals surface area contributed by atoms with Crippen molar-refractivity contribution in [1.29, 1.82) is 0 Å². The fourth-order valence-electron chi connectivity index (χ4n) is 2.39. The van der Waals surface area contributed by atoms with Crippen LogP contribution in [0, 0.1) is 0 Å². The van der Waals surface area contributed by atoms with Crippen LogP contribution in [0.25, 0.3) is 0 Å². The molecule has 27 heavy (non-hydrogen) atoms. The van der Waals surface area contributed by atoms with Gasteiger partial charge < -0.3 is 15.7 Å². The van der Waals surface area contributed by atoms with Gasteiger partial charge in [-0.3, -0.25) is 9.59 Å². The van der Waals surface area contributed by atoms with Crippen LogP contribution in [-0.4, -0.2) is 40.6 Å². The Hall–Kier alpha value is -2.31. The Morgan fingerprint density at radius 3 is 2.30 bits per heavy atom. The molecule has 2 unspecified atom stereocenters. The SMILES string of the molecule is CCC(O)CSCCC(NC(=O)c1ccccc1)C(=O)Nc1ccccc1. The zero-order valence-electron chi connectivity index (χ0n) is 15.4. The van der Waals surface area contributed by atoms with E-state index in [1.807, 2.05) is 31.2 Å². The van der Waals surface area contributed by atoms with Gasteiger partial charge in [-0.2, -0.15) is 11.8 Å². The highest BCUT2D eigenvalue weighted by atomic mass is 32.2. The van der Waals surface area contributed by atoms with Crippen LogP contribution in [0.2, 0.25) is 0 Å². The molecule has 0 saturated carbocycles. The fraction of sp³-hybridized carbons (Fsp3) is 0.333. The molecule has 0 aliphatic heterocycles. The molecule has 0 saturated heterocycles. The third kappa shape index (κ3) is 7.45. The summed E-state index contributed by atoms with van der Waals surface area (Å²) in [5.41, 5.74) is 1.21. The van der Waals surface area contributed by atoms with E-state index < -0.39 is 6.04 Å². The number of para-hydroxylation sites is 1. The van der Waals surface area contributed by atoms with Crippen molar-refractivity contribution in [2.75, 3.05) is 16.8 Å². The van der Waals surface area contributed by atoms with Crippen LogP contribution >= 0.6 is 11.8 Å². The Bertz CT molecular complexity index is 710. The Balaban J connectivity index is 1.98. The van der Waals surface area contributed by atoms with Gasteiger partial charge in [0, 0.05) is 17.0 Å². The molecule has 5 nitrogen and oxygen atoms in total. The van der Waals surface area contributed by atoms with Crippen LogP contribution in [0.5, 0.6) is 0 Å². The van der Waals surface area contributed by atoms with Crippen molar-refractivity contribution in [2.45, 2.75) is 31.9 Å². The number of benzene rings is 2. The summed E-state index contributed by atoms with van der Waals surface area (Å²) in [4.78, 5) is 25.1.